The summed E-state index contributed by atoms with van der Waals surface area (Å²) < 4.78 is 5.48. The van der Waals surface area contributed by atoms with Crippen molar-refractivity contribution in [3.63, 3.8) is 0 Å². The van der Waals surface area contributed by atoms with Gasteiger partial charge < -0.3 is 19.9 Å². The van der Waals surface area contributed by atoms with Gasteiger partial charge in [-0.2, -0.15) is 0 Å². The number of carbonyl (C=O) groups is 1. The lowest BCUT2D eigenvalue weighted by Crippen LogP contribution is -2.48. The number of likely N-dealkylation sites (N-methyl/N-ethyl adjacent to an activating group) is 2. The molecule has 1 fully saturated rings. The highest BCUT2D eigenvalue weighted by atomic mass is 16.5. The lowest BCUT2D eigenvalue weighted by Gasteiger charge is -2.38. The second-order valence-corrected chi connectivity index (χ2v) is 8.58. The molecule has 1 amide bonds. The van der Waals surface area contributed by atoms with Gasteiger partial charge in [0.2, 0.25) is 0 Å². The predicted octanol–water partition coefficient (Wildman–Crippen LogP) is 2.80. The number of nitrogens with zero attached hydrogens (tertiary/aromatic N) is 3. The van der Waals surface area contributed by atoms with Crippen LogP contribution in [0.5, 0.6) is 5.75 Å². The van der Waals surface area contributed by atoms with Crippen LogP contribution in [-0.4, -0.2) is 75.7 Å². The average Bonchev–Trinajstić information content (AvgIpc) is 3.16. The van der Waals surface area contributed by atoms with Crippen LogP contribution in [0.15, 0.2) is 42.5 Å². The Bertz CT molecular complexity index is 891. The molecule has 0 aliphatic carbocycles. The zero-order chi connectivity index (χ0) is 21.8. The summed E-state index contributed by atoms with van der Waals surface area (Å²) in [7, 11) is 4.33. The molecule has 2 aliphatic heterocycles. The number of anilines is 1. The van der Waals surface area contributed by atoms with Crippen LogP contribution >= 0.6 is 0 Å². The molecule has 1 saturated heterocycles. The molecule has 4 rings (SSSR count). The third-order valence-corrected chi connectivity index (χ3v) is 6.48. The molecule has 0 bridgehead atoms. The Kier molecular flexibility index (Phi) is 6.78. The van der Waals surface area contributed by atoms with E-state index in [1.807, 2.05) is 31.2 Å². The summed E-state index contributed by atoms with van der Waals surface area (Å²) >= 11 is 0. The van der Waals surface area contributed by atoms with Gasteiger partial charge in [-0.3, -0.25) is 9.69 Å². The Morgan fingerprint density at radius 1 is 1.03 bits per heavy atom. The number of hydrogen-bond acceptors (Lipinski definition) is 5. The first-order valence-corrected chi connectivity index (χ1v) is 11.3. The number of ether oxygens (including phenoxy) is 1. The van der Waals surface area contributed by atoms with Crippen molar-refractivity contribution in [1.29, 1.82) is 0 Å². The summed E-state index contributed by atoms with van der Waals surface area (Å²) in [6, 6.07) is 14.4. The third kappa shape index (κ3) is 5.02. The van der Waals surface area contributed by atoms with Crippen molar-refractivity contribution in [2.75, 3.05) is 64.9 Å². The molecule has 6 nitrogen and oxygen atoms in total. The van der Waals surface area contributed by atoms with Crippen LogP contribution in [0, 0.1) is 0 Å². The number of fused-ring (bicyclic) bond motifs is 1. The van der Waals surface area contributed by atoms with Gasteiger partial charge >= 0.3 is 0 Å². The lowest BCUT2D eigenvalue weighted by atomic mass is 10.00. The fraction of sp³-hybridized carbons (Fsp3) is 0.480. The van der Waals surface area contributed by atoms with E-state index < -0.39 is 0 Å². The van der Waals surface area contributed by atoms with Gasteiger partial charge in [0.25, 0.3) is 5.91 Å². The lowest BCUT2D eigenvalue weighted by molar-refractivity contribution is 0.0886. The standard InChI is InChI=1S/C25H34N4O2/c1-4-31-22-8-5-19(6-9-22)25(30)26-18-24(29-15-13-27(2)14-16-29)20-7-10-23-21(17-20)11-12-28(23)3/h5-10,17,24H,4,11-16,18H2,1-3H3,(H,26,30). The molecule has 0 spiro atoms. The molecule has 166 valence electrons. The maximum Gasteiger partial charge on any atom is 0.251 e. The van der Waals surface area contributed by atoms with E-state index in [0.717, 1.165) is 44.9 Å². The second-order valence-electron chi connectivity index (χ2n) is 8.58. The van der Waals surface area contributed by atoms with Gasteiger partial charge in [0.15, 0.2) is 0 Å². The molecular weight excluding hydrogens is 388 g/mol. The van der Waals surface area contributed by atoms with Crippen LogP contribution in [0.2, 0.25) is 0 Å². The molecule has 2 aromatic carbocycles. The number of amides is 1. The Morgan fingerprint density at radius 3 is 2.48 bits per heavy atom. The van der Waals surface area contributed by atoms with Crippen LogP contribution in [0.4, 0.5) is 5.69 Å². The average molecular weight is 423 g/mol. The van der Waals surface area contributed by atoms with Gasteiger partial charge in [-0.15, -0.1) is 0 Å². The van der Waals surface area contributed by atoms with Gasteiger partial charge in [-0.05, 0) is 61.9 Å². The van der Waals surface area contributed by atoms with Crippen LogP contribution in [0.25, 0.3) is 0 Å². The number of carbonyl (C=O) groups excluding carboxylic acids is 1. The molecule has 1 atom stereocenters. The highest BCUT2D eigenvalue weighted by Gasteiger charge is 2.26. The first-order valence-electron chi connectivity index (χ1n) is 11.3. The molecular formula is C25H34N4O2. The summed E-state index contributed by atoms with van der Waals surface area (Å²) in [6.45, 7) is 8.38. The summed E-state index contributed by atoms with van der Waals surface area (Å²) in [4.78, 5) is 20.0. The van der Waals surface area contributed by atoms with Crippen molar-refractivity contribution in [3.05, 3.63) is 59.2 Å². The highest BCUT2D eigenvalue weighted by Crippen LogP contribution is 2.31. The summed E-state index contributed by atoms with van der Waals surface area (Å²) in [6.07, 6.45) is 1.09. The van der Waals surface area contributed by atoms with E-state index in [1.54, 1.807) is 0 Å². The molecule has 2 aliphatic rings. The molecule has 2 heterocycles. The van der Waals surface area contributed by atoms with E-state index in [-0.39, 0.29) is 11.9 Å². The Morgan fingerprint density at radius 2 is 1.77 bits per heavy atom. The molecule has 1 unspecified atom stereocenters. The minimum absolute atomic E-state index is 0.0388. The topological polar surface area (TPSA) is 48.1 Å². The Labute approximate surface area is 185 Å². The number of nitrogens with one attached hydrogen (secondary N) is 1. The van der Waals surface area contributed by atoms with E-state index in [1.165, 1.54) is 16.8 Å². The van der Waals surface area contributed by atoms with Gasteiger partial charge in [-0.1, -0.05) is 12.1 Å². The molecule has 0 saturated carbocycles. The number of hydrogen-bond donors (Lipinski definition) is 1. The van der Waals surface area contributed by atoms with Crippen molar-refractivity contribution < 1.29 is 9.53 Å². The minimum atomic E-state index is -0.0388. The highest BCUT2D eigenvalue weighted by molar-refractivity contribution is 5.94. The van der Waals surface area contributed by atoms with Crippen LogP contribution in [0.1, 0.15) is 34.5 Å². The zero-order valence-corrected chi connectivity index (χ0v) is 18.9. The predicted molar refractivity (Wildman–Crippen MR) is 125 cm³/mol. The third-order valence-electron chi connectivity index (χ3n) is 6.48. The minimum Gasteiger partial charge on any atom is -0.494 e. The summed E-state index contributed by atoms with van der Waals surface area (Å²) in [5.74, 6) is 0.751. The largest absolute Gasteiger partial charge is 0.494 e. The smallest absolute Gasteiger partial charge is 0.251 e. The number of rotatable bonds is 7. The van der Waals surface area contributed by atoms with Crippen molar-refractivity contribution in [2.45, 2.75) is 19.4 Å². The van der Waals surface area contributed by atoms with Crippen LogP contribution in [-0.2, 0) is 6.42 Å². The molecule has 0 radical (unpaired) electrons. The first kappa shape index (κ1) is 21.7. The number of benzene rings is 2. The normalized spacial score (nSPS) is 18.0. The van der Waals surface area contributed by atoms with Crippen molar-refractivity contribution in [2.24, 2.45) is 0 Å². The van der Waals surface area contributed by atoms with Gasteiger partial charge in [0.05, 0.1) is 12.6 Å². The zero-order valence-electron chi connectivity index (χ0n) is 18.9. The molecule has 6 heteroatoms. The molecule has 31 heavy (non-hydrogen) atoms. The first-order chi connectivity index (χ1) is 15.0. The van der Waals surface area contributed by atoms with E-state index in [0.29, 0.717) is 18.7 Å². The van der Waals surface area contributed by atoms with E-state index in [4.69, 9.17) is 4.74 Å². The van der Waals surface area contributed by atoms with Gasteiger partial charge in [-0.25, -0.2) is 0 Å². The molecule has 1 N–H and O–H groups in total. The fourth-order valence-electron chi connectivity index (χ4n) is 4.55. The Balaban J connectivity index is 1.49. The molecule has 0 aromatic heterocycles. The molecule has 2 aromatic rings. The maximum atomic E-state index is 12.8. The van der Waals surface area contributed by atoms with E-state index in [2.05, 4.69) is 52.3 Å². The summed E-state index contributed by atoms with van der Waals surface area (Å²) in [5.41, 5.74) is 4.71. The van der Waals surface area contributed by atoms with Crippen LogP contribution in [0.3, 0.4) is 0 Å². The van der Waals surface area contributed by atoms with Crippen molar-refractivity contribution in [3.8, 4) is 5.75 Å². The number of piperazine rings is 1. The van der Waals surface area contributed by atoms with Gasteiger partial charge in [0, 0.05) is 57.6 Å². The van der Waals surface area contributed by atoms with E-state index in [9.17, 15) is 4.79 Å². The Hall–Kier alpha value is -2.57. The van der Waals surface area contributed by atoms with Crippen molar-refractivity contribution in [1.82, 2.24) is 15.1 Å². The maximum absolute atomic E-state index is 12.8. The monoisotopic (exact) mass is 422 g/mol. The van der Waals surface area contributed by atoms with Gasteiger partial charge in [0.1, 0.15) is 5.75 Å². The fourth-order valence-corrected chi connectivity index (χ4v) is 4.55. The quantitative estimate of drug-likeness (QED) is 0.744. The SMILES string of the molecule is CCOc1ccc(C(=O)NCC(c2ccc3c(c2)CCN3C)N2CCN(C)CC2)cc1. The summed E-state index contributed by atoms with van der Waals surface area (Å²) in [5, 5.41) is 3.19. The second kappa shape index (κ2) is 9.71. The van der Waals surface area contributed by atoms with Crippen molar-refractivity contribution >= 4 is 11.6 Å². The van der Waals surface area contributed by atoms with Crippen LogP contribution < -0.4 is 15.0 Å². The van der Waals surface area contributed by atoms with E-state index >= 15 is 0 Å².